The van der Waals surface area contributed by atoms with Crippen LogP contribution in [0.2, 0.25) is 5.02 Å². The molecular formula is C35H34ClF2N9O2S. The number of carbonyl (C=O) groups is 1. The second-order valence-electron chi connectivity index (χ2n) is 13.5. The standard InChI is InChI=1S/C35H34ClF2N9O2S/c1-18(24-5-4-12-44(24)2)49-34-42-29-20(15-22(36)27(28(29)38)19-6-7-23(37)30-26(19)21(16-39)31(40)50-30)32(43-34)46-13-9-35(17-46)10-14-47(35)33(48)25-8-11-41-45(25)3/h6-8,11,15,18,24H,4-5,9-10,12-14,17,40H2,1-3H3/t18?,24-,35?/m0/s1. The monoisotopic (exact) mass is 717 g/mol. The summed E-state index contributed by atoms with van der Waals surface area (Å²) in [5, 5.41) is 14.8. The van der Waals surface area contributed by atoms with Crippen LogP contribution < -0.4 is 15.4 Å². The molecule has 0 radical (unpaired) electrons. The molecule has 1 amide bonds. The zero-order chi connectivity index (χ0) is 35.1. The summed E-state index contributed by atoms with van der Waals surface area (Å²) < 4.78 is 40.1. The predicted molar refractivity (Wildman–Crippen MR) is 189 cm³/mol. The van der Waals surface area contributed by atoms with E-state index >= 15 is 4.39 Å². The van der Waals surface area contributed by atoms with Gasteiger partial charge < -0.3 is 20.3 Å². The zero-order valence-electron chi connectivity index (χ0n) is 27.7. The van der Waals surface area contributed by atoms with Crippen molar-refractivity contribution in [2.45, 2.75) is 50.3 Å². The van der Waals surface area contributed by atoms with Crippen molar-refractivity contribution in [2.75, 3.05) is 43.9 Å². The van der Waals surface area contributed by atoms with Crippen molar-refractivity contribution >= 4 is 60.7 Å². The Balaban J connectivity index is 1.25. The Bertz CT molecular complexity index is 2250. The number of benzene rings is 2. The first-order chi connectivity index (χ1) is 24.0. The van der Waals surface area contributed by atoms with Gasteiger partial charge in [0.05, 0.1) is 20.8 Å². The van der Waals surface area contributed by atoms with Gasteiger partial charge in [0.25, 0.3) is 5.91 Å². The van der Waals surface area contributed by atoms with E-state index in [0.717, 1.165) is 37.1 Å². The van der Waals surface area contributed by atoms with Crippen LogP contribution in [0.25, 0.3) is 32.1 Å². The molecule has 11 nitrogen and oxygen atoms in total. The molecule has 2 N–H and O–H groups in total. The SMILES string of the molecule is CC(Oc1nc(N2CCC3(CCN3C(=O)c3ccnn3C)C2)c2cc(Cl)c(-c3ccc(F)c4sc(N)c(C#N)c34)c(F)c2n1)[C@@H]1CCCN1C. The third kappa shape index (κ3) is 4.97. The quantitative estimate of drug-likeness (QED) is 0.225. The van der Waals surface area contributed by atoms with Crippen LogP contribution in [0.1, 0.15) is 48.7 Å². The number of nitrogen functional groups attached to an aromatic ring is 1. The summed E-state index contributed by atoms with van der Waals surface area (Å²) in [4.78, 5) is 29.2. The van der Waals surface area contributed by atoms with Gasteiger partial charge in [-0.15, -0.1) is 11.3 Å². The van der Waals surface area contributed by atoms with E-state index < -0.39 is 17.2 Å². The Labute approximate surface area is 295 Å². The number of hydrogen-bond acceptors (Lipinski definition) is 10. The highest BCUT2D eigenvalue weighted by Crippen LogP contribution is 2.47. The number of rotatable bonds is 6. The molecule has 2 aromatic carbocycles. The van der Waals surface area contributed by atoms with Gasteiger partial charge in [0.1, 0.15) is 40.0 Å². The van der Waals surface area contributed by atoms with Crippen molar-refractivity contribution in [3.63, 3.8) is 0 Å². The Hall–Kier alpha value is -4.58. The fraction of sp³-hybridized carbons (Fsp3) is 0.400. The fourth-order valence-corrected chi connectivity index (χ4v) is 9.27. The van der Waals surface area contributed by atoms with Crippen LogP contribution in [0.3, 0.4) is 0 Å². The largest absolute Gasteiger partial charge is 0.459 e. The lowest BCUT2D eigenvalue weighted by Gasteiger charge is -2.50. The first kappa shape index (κ1) is 32.6. The van der Waals surface area contributed by atoms with E-state index in [1.165, 1.54) is 12.1 Å². The number of thiophene rings is 1. The summed E-state index contributed by atoms with van der Waals surface area (Å²) in [6.07, 6.45) is 4.83. The highest BCUT2D eigenvalue weighted by Gasteiger charge is 2.52. The Morgan fingerprint density at radius 2 is 2.00 bits per heavy atom. The first-order valence-corrected chi connectivity index (χ1v) is 17.7. The topological polar surface area (TPSA) is 129 Å². The number of nitrogens with two attached hydrogens (primary N) is 1. The van der Waals surface area contributed by atoms with E-state index in [1.54, 1.807) is 30.1 Å². The molecular weight excluding hydrogens is 684 g/mol. The van der Waals surface area contributed by atoms with E-state index in [9.17, 15) is 14.4 Å². The van der Waals surface area contributed by atoms with Crippen LogP contribution in [0.4, 0.5) is 19.6 Å². The number of amides is 1. The molecule has 3 atom stereocenters. The van der Waals surface area contributed by atoms with Gasteiger partial charge in [0.15, 0.2) is 5.82 Å². The molecule has 3 aromatic heterocycles. The smallest absolute Gasteiger partial charge is 0.319 e. The number of anilines is 2. The number of nitrogens with zero attached hydrogens (tertiary/aromatic N) is 8. The molecule has 8 rings (SSSR count). The third-order valence-electron chi connectivity index (χ3n) is 10.7. The predicted octanol–water partition coefficient (Wildman–Crippen LogP) is 5.99. The van der Waals surface area contributed by atoms with Crippen molar-refractivity contribution in [1.82, 2.24) is 29.5 Å². The molecule has 3 aliphatic rings. The number of halogens is 3. The van der Waals surface area contributed by atoms with Gasteiger partial charge >= 0.3 is 6.01 Å². The summed E-state index contributed by atoms with van der Waals surface area (Å²) in [7, 11) is 3.80. The van der Waals surface area contributed by atoms with E-state index in [-0.39, 0.29) is 66.4 Å². The molecule has 50 heavy (non-hydrogen) atoms. The minimum absolute atomic E-state index is 0.0200. The van der Waals surface area contributed by atoms with Gasteiger partial charge in [-0.3, -0.25) is 14.4 Å². The molecule has 3 saturated heterocycles. The number of nitriles is 1. The normalized spacial score (nSPS) is 21.3. The molecule has 5 aromatic rings. The van der Waals surface area contributed by atoms with Crippen LogP contribution in [-0.2, 0) is 7.05 Å². The maximum atomic E-state index is 17.1. The minimum Gasteiger partial charge on any atom is -0.459 e. The Kier molecular flexibility index (Phi) is 7.85. The number of carbonyl (C=O) groups excluding carboxylic acids is 1. The number of likely N-dealkylation sites (tertiary alicyclic amines) is 2. The number of aromatic nitrogens is 4. The molecule has 15 heteroatoms. The summed E-state index contributed by atoms with van der Waals surface area (Å²) in [5.41, 5.74) is 6.43. The lowest BCUT2D eigenvalue weighted by atomic mass is 9.83. The van der Waals surface area contributed by atoms with Gasteiger partial charge in [-0.05, 0) is 70.0 Å². The van der Waals surface area contributed by atoms with Crippen molar-refractivity contribution in [3.05, 3.63) is 58.4 Å². The second kappa shape index (κ2) is 12.0. The van der Waals surface area contributed by atoms with Crippen molar-refractivity contribution < 1.29 is 18.3 Å². The number of hydrogen-bond donors (Lipinski definition) is 1. The molecule has 3 fully saturated rings. The average molecular weight is 718 g/mol. The van der Waals surface area contributed by atoms with E-state index in [0.29, 0.717) is 43.0 Å². The van der Waals surface area contributed by atoms with Gasteiger partial charge in [0.2, 0.25) is 0 Å². The van der Waals surface area contributed by atoms with Crippen LogP contribution in [0.5, 0.6) is 6.01 Å². The van der Waals surface area contributed by atoms with Gasteiger partial charge in [-0.2, -0.15) is 20.3 Å². The zero-order valence-corrected chi connectivity index (χ0v) is 29.3. The van der Waals surface area contributed by atoms with Crippen molar-refractivity contribution in [1.29, 1.82) is 5.26 Å². The van der Waals surface area contributed by atoms with E-state index in [1.807, 2.05) is 22.8 Å². The van der Waals surface area contributed by atoms with Gasteiger partial charge in [0, 0.05) is 55.3 Å². The molecule has 1 spiro atoms. The highest BCUT2D eigenvalue weighted by molar-refractivity contribution is 7.23. The molecule has 0 aliphatic carbocycles. The maximum Gasteiger partial charge on any atom is 0.319 e. The fourth-order valence-electron chi connectivity index (χ4n) is 8.02. The summed E-state index contributed by atoms with van der Waals surface area (Å²) in [6.45, 7) is 4.57. The molecule has 258 valence electrons. The van der Waals surface area contributed by atoms with Gasteiger partial charge in [-0.1, -0.05) is 17.7 Å². The Morgan fingerprint density at radius 3 is 2.68 bits per heavy atom. The van der Waals surface area contributed by atoms with Crippen molar-refractivity contribution in [3.8, 4) is 23.2 Å². The van der Waals surface area contributed by atoms with Crippen LogP contribution in [0, 0.1) is 23.0 Å². The summed E-state index contributed by atoms with van der Waals surface area (Å²) >= 11 is 7.83. The minimum atomic E-state index is -0.751. The Morgan fingerprint density at radius 1 is 1.20 bits per heavy atom. The number of likely N-dealkylation sites (N-methyl/N-ethyl adjacent to an activating group) is 1. The van der Waals surface area contributed by atoms with Crippen LogP contribution in [-0.4, -0.2) is 86.4 Å². The molecule has 3 aliphatic heterocycles. The van der Waals surface area contributed by atoms with Crippen molar-refractivity contribution in [2.24, 2.45) is 7.05 Å². The number of fused-ring (bicyclic) bond motifs is 2. The third-order valence-corrected chi connectivity index (χ3v) is 12.1. The molecule has 6 heterocycles. The van der Waals surface area contributed by atoms with Crippen LogP contribution >= 0.6 is 22.9 Å². The number of aryl methyl sites for hydroxylation is 1. The summed E-state index contributed by atoms with van der Waals surface area (Å²) in [6, 6.07) is 8.16. The van der Waals surface area contributed by atoms with Gasteiger partial charge in [-0.25, -0.2) is 8.78 Å². The lowest BCUT2D eigenvalue weighted by Crippen LogP contribution is -2.63. The van der Waals surface area contributed by atoms with E-state index in [4.69, 9.17) is 27.1 Å². The maximum absolute atomic E-state index is 17.1. The highest BCUT2D eigenvalue weighted by atomic mass is 35.5. The second-order valence-corrected chi connectivity index (χ2v) is 14.9. The summed E-state index contributed by atoms with van der Waals surface area (Å²) in [5.74, 6) is -0.957. The molecule has 2 unspecified atom stereocenters. The first-order valence-electron chi connectivity index (χ1n) is 16.5. The average Bonchev–Trinajstić information content (AvgIpc) is 3.88. The molecule has 0 saturated carbocycles. The van der Waals surface area contributed by atoms with E-state index in [2.05, 4.69) is 22.0 Å². The molecule has 0 bridgehead atoms. The lowest BCUT2D eigenvalue weighted by molar-refractivity contribution is 0.00729. The number of ether oxygens (including phenoxy) is 1. The van der Waals surface area contributed by atoms with Crippen LogP contribution in [0.15, 0.2) is 30.5 Å².